The first-order valence-electron chi connectivity index (χ1n) is 8.52. The zero-order valence-electron chi connectivity index (χ0n) is 13.9. The maximum atomic E-state index is 13.9. The van der Waals surface area contributed by atoms with Crippen molar-refractivity contribution >= 4 is 18.3 Å². The highest BCUT2D eigenvalue weighted by Gasteiger charge is 2.46. The molecular formula is C20H22ClFN2O. The SMILES string of the molecule is Cl.O=C(Cc1ccccc1F)N1C[C@@H]2CNC[C@@H]2[C@H]1c1ccccc1. The molecule has 2 saturated heterocycles. The number of nitrogens with zero attached hydrogens (tertiary/aromatic N) is 1. The van der Waals surface area contributed by atoms with Crippen molar-refractivity contribution in [2.75, 3.05) is 19.6 Å². The minimum Gasteiger partial charge on any atom is -0.335 e. The molecule has 3 nitrogen and oxygen atoms in total. The minimum absolute atomic E-state index is 0. The van der Waals surface area contributed by atoms with Gasteiger partial charge in [0.2, 0.25) is 5.91 Å². The van der Waals surface area contributed by atoms with Crippen LogP contribution in [0.3, 0.4) is 0 Å². The summed E-state index contributed by atoms with van der Waals surface area (Å²) < 4.78 is 13.9. The Morgan fingerprint density at radius 3 is 2.56 bits per heavy atom. The third kappa shape index (κ3) is 3.42. The van der Waals surface area contributed by atoms with Crippen molar-refractivity contribution in [1.82, 2.24) is 10.2 Å². The van der Waals surface area contributed by atoms with Gasteiger partial charge in [0.25, 0.3) is 0 Å². The van der Waals surface area contributed by atoms with Gasteiger partial charge in [-0.15, -0.1) is 12.4 Å². The molecule has 25 heavy (non-hydrogen) atoms. The van der Waals surface area contributed by atoms with Crippen molar-refractivity contribution in [2.45, 2.75) is 12.5 Å². The van der Waals surface area contributed by atoms with Gasteiger partial charge >= 0.3 is 0 Å². The number of carbonyl (C=O) groups is 1. The summed E-state index contributed by atoms with van der Waals surface area (Å²) in [5.41, 5.74) is 1.65. The fourth-order valence-corrected chi connectivity index (χ4v) is 4.16. The van der Waals surface area contributed by atoms with Crippen LogP contribution in [0.4, 0.5) is 4.39 Å². The van der Waals surface area contributed by atoms with Gasteiger partial charge in [-0.25, -0.2) is 4.39 Å². The van der Waals surface area contributed by atoms with E-state index in [1.807, 2.05) is 23.1 Å². The minimum atomic E-state index is -0.303. The normalized spacial score (nSPS) is 24.7. The molecule has 2 aliphatic heterocycles. The number of rotatable bonds is 3. The maximum Gasteiger partial charge on any atom is 0.227 e. The number of carbonyl (C=O) groups excluding carboxylic acids is 1. The maximum absolute atomic E-state index is 13.9. The van der Waals surface area contributed by atoms with Crippen LogP contribution in [0.2, 0.25) is 0 Å². The Bertz CT molecular complexity index is 739. The van der Waals surface area contributed by atoms with Crippen molar-refractivity contribution in [3.63, 3.8) is 0 Å². The van der Waals surface area contributed by atoms with E-state index >= 15 is 0 Å². The second-order valence-electron chi connectivity index (χ2n) is 6.75. The zero-order chi connectivity index (χ0) is 16.5. The number of nitrogens with one attached hydrogen (secondary N) is 1. The fraction of sp³-hybridized carbons (Fsp3) is 0.350. The van der Waals surface area contributed by atoms with Crippen LogP contribution in [0.25, 0.3) is 0 Å². The smallest absolute Gasteiger partial charge is 0.227 e. The first-order valence-corrected chi connectivity index (χ1v) is 8.52. The molecule has 2 aliphatic rings. The Morgan fingerprint density at radius 1 is 1.08 bits per heavy atom. The number of amides is 1. The van der Waals surface area contributed by atoms with Crippen molar-refractivity contribution < 1.29 is 9.18 Å². The Balaban J connectivity index is 0.00000182. The van der Waals surface area contributed by atoms with Crippen LogP contribution >= 0.6 is 12.4 Å². The highest BCUT2D eigenvalue weighted by Crippen LogP contribution is 2.42. The van der Waals surface area contributed by atoms with Crippen molar-refractivity contribution in [1.29, 1.82) is 0 Å². The standard InChI is InChI=1S/C20H21FN2O.ClH/c21-18-9-5-4-8-15(18)10-19(24)23-13-16-11-22-12-17(16)20(23)14-6-2-1-3-7-14;/h1-9,16-17,20,22H,10-13H2;1H/t16-,17-,20+;/m0./s1. The van der Waals surface area contributed by atoms with Crippen LogP contribution in [-0.2, 0) is 11.2 Å². The summed E-state index contributed by atoms with van der Waals surface area (Å²) in [5.74, 6) is 0.642. The second kappa shape index (κ2) is 7.54. The molecule has 4 rings (SSSR count). The van der Waals surface area contributed by atoms with Gasteiger partial charge in [-0.3, -0.25) is 4.79 Å². The lowest BCUT2D eigenvalue weighted by atomic mass is 9.89. The monoisotopic (exact) mass is 360 g/mol. The predicted molar refractivity (Wildman–Crippen MR) is 98.1 cm³/mol. The fourth-order valence-electron chi connectivity index (χ4n) is 4.16. The Morgan fingerprint density at radius 2 is 1.80 bits per heavy atom. The molecule has 2 heterocycles. The largest absolute Gasteiger partial charge is 0.335 e. The summed E-state index contributed by atoms with van der Waals surface area (Å²) >= 11 is 0. The summed E-state index contributed by atoms with van der Waals surface area (Å²) in [7, 11) is 0. The first-order chi connectivity index (χ1) is 11.7. The second-order valence-corrected chi connectivity index (χ2v) is 6.75. The molecule has 132 valence electrons. The summed E-state index contributed by atoms with van der Waals surface area (Å²) in [4.78, 5) is 14.9. The number of hydrogen-bond donors (Lipinski definition) is 1. The Kier molecular flexibility index (Phi) is 5.40. The third-order valence-corrected chi connectivity index (χ3v) is 5.33. The topological polar surface area (TPSA) is 32.3 Å². The molecule has 1 amide bonds. The van der Waals surface area contributed by atoms with Crippen LogP contribution in [0.1, 0.15) is 17.2 Å². The Labute approximate surface area is 153 Å². The highest BCUT2D eigenvalue weighted by molar-refractivity contribution is 5.85. The van der Waals surface area contributed by atoms with E-state index in [0.29, 0.717) is 17.4 Å². The number of fused-ring (bicyclic) bond motifs is 1. The van der Waals surface area contributed by atoms with Gasteiger partial charge in [0.15, 0.2) is 0 Å². The molecule has 0 radical (unpaired) electrons. The van der Waals surface area contributed by atoms with Gasteiger partial charge in [-0.05, 0) is 23.1 Å². The highest BCUT2D eigenvalue weighted by atomic mass is 35.5. The van der Waals surface area contributed by atoms with Crippen molar-refractivity contribution in [3.8, 4) is 0 Å². The summed E-state index contributed by atoms with van der Waals surface area (Å²) in [6.07, 6.45) is 0.128. The molecule has 0 aliphatic carbocycles. The number of halogens is 2. The number of benzene rings is 2. The molecule has 1 N–H and O–H groups in total. The molecule has 3 atom stereocenters. The molecule has 0 unspecified atom stereocenters. The van der Waals surface area contributed by atoms with Gasteiger partial charge in [0, 0.05) is 25.6 Å². The van der Waals surface area contributed by atoms with Gasteiger partial charge in [0.05, 0.1) is 12.5 Å². The molecule has 2 fully saturated rings. The molecule has 0 aromatic heterocycles. The van der Waals surface area contributed by atoms with E-state index in [0.717, 1.165) is 19.6 Å². The van der Waals surface area contributed by atoms with Crippen LogP contribution in [0, 0.1) is 17.7 Å². The lowest BCUT2D eigenvalue weighted by molar-refractivity contribution is -0.132. The van der Waals surface area contributed by atoms with E-state index in [9.17, 15) is 9.18 Å². The van der Waals surface area contributed by atoms with Crippen molar-refractivity contribution in [3.05, 3.63) is 71.5 Å². The van der Waals surface area contributed by atoms with E-state index in [1.165, 1.54) is 11.6 Å². The van der Waals surface area contributed by atoms with Crippen molar-refractivity contribution in [2.24, 2.45) is 11.8 Å². The molecule has 0 bridgehead atoms. The average Bonchev–Trinajstić information content (AvgIpc) is 3.18. The van der Waals surface area contributed by atoms with Crippen LogP contribution in [0.5, 0.6) is 0 Å². The molecule has 0 saturated carbocycles. The lowest BCUT2D eigenvalue weighted by Crippen LogP contribution is -2.35. The molecule has 2 aromatic rings. The molecule has 0 spiro atoms. The molecule has 5 heteroatoms. The van der Waals surface area contributed by atoms with Gasteiger partial charge < -0.3 is 10.2 Å². The van der Waals surface area contributed by atoms with Gasteiger partial charge in [-0.1, -0.05) is 48.5 Å². The zero-order valence-corrected chi connectivity index (χ0v) is 14.7. The Hall–Kier alpha value is -1.91. The van der Waals surface area contributed by atoms with Crippen LogP contribution in [0.15, 0.2) is 54.6 Å². The predicted octanol–water partition coefficient (Wildman–Crippen LogP) is 3.21. The van der Waals surface area contributed by atoms with Crippen LogP contribution < -0.4 is 5.32 Å². The summed E-state index contributed by atoms with van der Waals surface area (Å²) in [6.45, 7) is 2.65. The number of likely N-dealkylation sites (tertiary alicyclic amines) is 1. The lowest BCUT2D eigenvalue weighted by Gasteiger charge is -2.28. The first kappa shape index (κ1) is 17.9. The third-order valence-electron chi connectivity index (χ3n) is 5.33. The van der Waals surface area contributed by atoms with Gasteiger partial charge in [-0.2, -0.15) is 0 Å². The van der Waals surface area contributed by atoms with Crippen LogP contribution in [-0.4, -0.2) is 30.4 Å². The summed E-state index contributed by atoms with van der Waals surface area (Å²) in [5, 5.41) is 3.44. The quantitative estimate of drug-likeness (QED) is 0.911. The van der Waals surface area contributed by atoms with Gasteiger partial charge in [0.1, 0.15) is 5.82 Å². The van der Waals surface area contributed by atoms with E-state index in [-0.39, 0.29) is 36.6 Å². The van der Waals surface area contributed by atoms with E-state index in [2.05, 4.69) is 17.4 Å². The average molecular weight is 361 g/mol. The number of hydrogen-bond acceptors (Lipinski definition) is 2. The van der Waals surface area contributed by atoms with E-state index < -0.39 is 0 Å². The molecule has 2 aromatic carbocycles. The van der Waals surface area contributed by atoms with E-state index in [4.69, 9.17) is 0 Å². The van der Waals surface area contributed by atoms with E-state index in [1.54, 1.807) is 18.2 Å². The summed E-state index contributed by atoms with van der Waals surface area (Å²) in [6, 6.07) is 16.9. The molecular weight excluding hydrogens is 339 g/mol.